The van der Waals surface area contributed by atoms with Crippen molar-refractivity contribution in [2.75, 3.05) is 5.32 Å². The summed E-state index contributed by atoms with van der Waals surface area (Å²) in [6, 6.07) is 2.09. The van der Waals surface area contributed by atoms with Crippen molar-refractivity contribution < 1.29 is 13.9 Å². The van der Waals surface area contributed by atoms with Crippen LogP contribution in [0.1, 0.15) is 20.8 Å². The van der Waals surface area contributed by atoms with Crippen LogP contribution in [0.4, 0.5) is 15.0 Å². The number of carbonyl (C=O) groups is 1. The second-order valence-electron chi connectivity index (χ2n) is 4.12. The zero-order valence-electron chi connectivity index (χ0n) is 9.17. The molecule has 0 radical (unpaired) electrons. The lowest BCUT2D eigenvalue weighted by molar-refractivity contribution is 0.0635. The van der Waals surface area contributed by atoms with Crippen molar-refractivity contribution >= 4 is 23.5 Å². The summed E-state index contributed by atoms with van der Waals surface area (Å²) in [5.41, 5.74) is -0.624. The van der Waals surface area contributed by atoms with Crippen molar-refractivity contribution in [1.29, 1.82) is 0 Å². The maximum Gasteiger partial charge on any atom is 0.413 e. The first-order valence-corrected chi connectivity index (χ1v) is 4.97. The van der Waals surface area contributed by atoms with Gasteiger partial charge in [0.25, 0.3) is 0 Å². The Bertz CT molecular complexity index is 384. The molecule has 0 aromatic carbocycles. The molecule has 4 nitrogen and oxygen atoms in total. The normalized spacial score (nSPS) is 11.1. The lowest BCUT2D eigenvalue weighted by Crippen LogP contribution is -2.27. The van der Waals surface area contributed by atoms with E-state index in [1.807, 2.05) is 0 Å². The highest BCUT2D eigenvalue weighted by Gasteiger charge is 2.16. The number of carbonyl (C=O) groups excluding carboxylic acids is 1. The smallest absolute Gasteiger partial charge is 0.413 e. The SMILES string of the molecule is CC(C)(C)OC(=O)Nc1cc(F)cc(Cl)n1. The van der Waals surface area contributed by atoms with Gasteiger partial charge in [0.05, 0.1) is 0 Å². The van der Waals surface area contributed by atoms with Gasteiger partial charge in [-0.25, -0.2) is 14.2 Å². The van der Waals surface area contributed by atoms with Crippen LogP contribution in [-0.4, -0.2) is 16.7 Å². The molecule has 6 heteroatoms. The largest absolute Gasteiger partial charge is 0.444 e. The molecule has 1 heterocycles. The van der Waals surface area contributed by atoms with E-state index in [1.165, 1.54) is 0 Å². The van der Waals surface area contributed by atoms with E-state index in [1.54, 1.807) is 20.8 Å². The fourth-order valence-electron chi connectivity index (χ4n) is 0.938. The summed E-state index contributed by atoms with van der Waals surface area (Å²) in [7, 11) is 0. The highest BCUT2D eigenvalue weighted by Crippen LogP contribution is 2.14. The van der Waals surface area contributed by atoms with E-state index in [-0.39, 0.29) is 11.0 Å². The number of nitrogens with one attached hydrogen (secondary N) is 1. The van der Waals surface area contributed by atoms with Gasteiger partial charge in [-0.3, -0.25) is 5.32 Å². The number of ether oxygens (including phenoxy) is 1. The first-order chi connectivity index (χ1) is 7.26. The molecule has 0 spiro atoms. The summed E-state index contributed by atoms with van der Waals surface area (Å²) in [6.45, 7) is 5.16. The van der Waals surface area contributed by atoms with Gasteiger partial charge in [0.2, 0.25) is 0 Å². The molecule has 88 valence electrons. The summed E-state index contributed by atoms with van der Waals surface area (Å²) >= 11 is 5.52. The van der Waals surface area contributed by atoms with Crippen LogP contribution in [0, 0.1) is 5.82 Å². The molecule has 16 heavy (non-hydrogen) atoms. The van der Waals surface area contributed by atoms with E-state index in [0.717, 1.165) is 12.1 Å². The van der Waals surface area contributed by atoms with Gasteiger partial charge < -0.3 is 4.74 Å². The maximum absolute atomic E-state index is 12.9. The second-order valence-corrected chi connectivity index (χ2v) is 4.51. The summed E-state index contributed by atoms with van der Waals surface area (Å²) in [4.78, 5) is 15.0. The van der Waals surface area contributed by atoms with Crippen LogP contribution in [0.15, 0.2) is 12.1 Å². The highest BCUT2D eigenvalue weighted by atomic mass is 35.5. The van der Waals surface area contributed by atoms with Crippen LogP contribution < -0.4 is 5.32 Å². The van der Waals surface area contributed by atoms with Crippen molar-refractivity contribution in [3.63, 3.8) is 0 Å². The molecule has 0 fully saturated rings. The van der Waals surface area contributed by atoms with Gasteiger partial charge in [-0.15, -0.1) is 0 Å². The maximum atomic E-state index is 12.9. The van der Waals surface area contributed by atoms with E-state index in [4.69, 9.17) is 16.3 Å². The number of aromatic nitrogens is 1. The average molecular weight is 247 g/mol. The third-order valence-electron chi connectivity index (χ3n) is 1.39. The van der Waals surface area contributed by atoms with Crippen molar-refractivity contribution in [3.8, 4) is 0 Å². The molecule has 1 aromatic rings. The number of anilines is 1. The van der Waals surface area contributed by atoms with Gasteiger partial charge in [-0.05, 0) is 20.8 Å². The van der Waals surface area contributed by atoms with E-state index < -0.39 is 17.5 Å². The Morgan fingerprint density at radius 1 is 1.50 bits per heavy atom. The predicted octanol–water partition coefficient (Wildman–Crippen LogP) is 3.22. The lowest BCUT2D eigenvalue weighted by atomic mass is 10.2. The molecule has 1 aromatic heterocycles. The second kappa shape index (κ2) is 4.65. The van der Waals surface area contributed by atoms with Crippen molar-refractivity contribution in [2.45, 2.75) is 26.4 Å². The van der Waals surface area contributed by atoms with Gasteiger partial charge >= 0.3 is 6.09 Å². The molecule has 0 bridgehead atoms. The van der Waals surface area contributed by atoms with Crippen LogP contribution >= 0.6 is 11.6 Å². The number of pyridine rings is 1. The predicted molar refractivity (Wildman–Crippen MR) is 59.1 cm³/mol. The van der Waals surface area contributed by atoms with Gasteiger partial charge in [-0.2, -0.15) is 0 Å². The molecule has 1 N–H and O–H groups in total. The molecule has 0 aliphatic heterocycles. The summed E-state index contributed by atoms with van der Waals surface area (Å²) in [5, 5.41) is 2.25. The molecule has 0 aliphatic rings. The molecule has 1 rings (SSSR count). The number of rotatable bonds is 1. The topological polar surface area (TPSA) is 51.2 Å². The molecule has 0 unspecified atom stereocenters. The zero-order valence-corrected chi connectivity index (χ0v) is 9.93. The van der Waals surface area contributed by atoms with E-state index in [0.29, 0.717) is 0 Å². The summed E-state index contributed by atoms with van der Waals surface area (Å²) < 4.78 is 17.9. The lowest BCUT2D eigenvalue weighted by Gasteiger charge is -2.19. The molecule has 1 amide bonds. The van der Waals surface area contributed by atoms with E-state index in [9.17, 15) is 9.18 Å². The van der Waals surface area contributed by atoms with Crippen LogP contribution in [0.5, 0.6) is 0 Å². The molecular weight excluding hydrogens is 235 g/mol. The Labute approximate surface area is 97.8 Å². The van der Waals surface area contributed by atoms with Crippen LogP contribution in [0.2, 0.25) is 5.15 Å². The van der Waals surface area contributed by atoms with E-state index in [2.05, 4.69) is 10.3 Å². The fourth-order valence-corrected chi connectivity index (χ4v) is 1.13. The number of nitrogens with zero attached hydrogens (tertiary/aromatic N) is 1. The van der Waals surface area contributed by atoms with Gasteiger partial charge in [0.1, 0.15) is 22.4 Å². The van der Waals surface area contributed by atoms with Gasteiger partial charge in [-0.1, -0.05) is 11.6 Å². The summed E-state index contributed by atoms with van der Waals surface area (Å²) in [5.74, 6) is -0.565. The van der Waals surface area contributed by atoms with Crippen molar-refractivity contribution in [2.24, 2.45) is 0 Å². The molecule has 0 atom stereocenters. The monoisotopic (exact) mass is 246 g/mol. The van der Waals surface area contributed by atoms with Crippen LogP contribution in [0.3, 0.4) is 0 Å². The minimum absolute atomic E-state index is 0.0132. The van der Waals surface area contributed by atoms with Crippen LogP contribution in [-0.2, 0) is 4.74 Å². The quantitative estimate of drug-likeness (QED) is 0.774. The first-order valence-electron chi connectivity index (χ1n) is 4.59. The minimum Gasteiger partial charge on any atom is -0.444 e. The van der Waals surface area contributed by atoms with Gasteiger partial charge in [0, 0.05) is 12.1 Å². The number of halogens is 2. The highest BCUT2D eigenvalue weighted by molar-refractivity contribution is 6.29. The third-order valence-corrected chi connectivity index (χ3v) is 1.58. The Morgan fingerprint density at radius 2 is 2.12 bits per heavy atom. The molecular formula is C10H12ClFN2O2. The first kappa shape index (κ1) is 12.7. The number of amides is 1. The zero-order chi connectivity index (χ0) is 12.3. The fraction of sp³-hybridized carbons (Fsp3) is 0.400. The third kappa shape index (κ3) is 4.44. The Balaban J connectivity index is 2.70. The number of hydrogen-bond donors (Lipinski definition) is 1. The van der Waals surface area contributed by atoms with E-state index >= 15 is 0 Å². The Hall–Kier alpha value is -1.36. The van der Waals surface area contributed by atoms with Crippen molar-refractivity contribution in [1.82, 2.24) is 4.98 Å². The van der Waals surface area contributed by atoms with Crippen LogP contribution in [0.25, 0.3) is 0 Å². The standard InChI is InChI=1S/C10H12ClFN2O2/c1-10(2,3)16-9(15)14-8-5-6(12)4-7(11)13-8/h4-5H,1-3H3,(H,13,14,15). The summed E-state index contributed by atoms with van der Waals surface area (Å²) in [6.07, 6.45) is -0.707. The Morgan fingerprint density at radius 3 is 2.62 bits per heavy atom. The van der Waals surface area contributed by atoms with Crippen molar-refractivity contribution in [3.05, 3.63) is 23.1 Å². The number of hydrogen-bond acceptors (Lipinski definition) is 3. The Kier molecular flexibility index (Phi) is 3.70. The minimum atomic E-state index is -0.707. The molecule has 0 saturated carbocycles. The average Bonchev–Trinajstić information content (AvgIpc) is 1.96. The molecule has 0 aliphatic carbocycles. The molecule has 0 saturated heterocycles. The van der Waals surface area contributed by atoms with Gasteiger partial charge in [0.15, 0.2) is 0 Å².